The van der Waals surface area contributed by atoms with Gasteiger partial charge in [-0.25, -0.2) is 4.79 Å². The molecular weight excluding hydrogens is 328 g/mol. The fraction of sp³-hybridized carbons (Fsp3) is 0.400. The lowest BCUT2D eigenvalue weighted by Crippen LogP contribution is -2.42. The molecule has 0 aliphatic carbocycles. The predicted octanol–water partition coefficient (Wildman–Crippen LogP) is 3.10. The van der Waals surface area contributed by atoms with Gasteiger partial charge in [0, 0.05) is 19.8 Å². The van der Waals surface area contributed by atoms with E-state index >= 15 is 0 Å². The second-order valence-electron chi connectivity index (χ2n) is 6.48. The zero-order valence-corrected chi connectivity index (χ0v) is 16.1. The molecule has 0 saturated heterocycles. The maximum atomic E-state index is 12.6. The van der Waals surface area contributed by atoms with Crippen LogP contribution < -0.4 is 10.1 Å². The first-order chi connectivity index (χ1) is 12.4. The predicted molar refractivity (Wildman–Crippen MR) is 103 cm³/mol. The van der Waals surface area contributed by atoms with Crippen molar-refractivity contribution in [1.82, 2.24) is 20.1 Å². The second kappa shape index (κ2) is 9.20. The molecule has 6 nitrogen and oxygen atoms in total. The molecule has 1 aromatic carbocycles. The van der Waals surface area contributed by atoms with Gasteiger partial charge in [-0.1, -0.05) is 18.2 Å². The quantitative estimate of drug-likeness (QED) is 0.828. The van der Waals surface area contributed by atoms with Crippen molar-refractivity contribution in [2.75, 3.05) is 34.8 Å². The van der Waals surface area contributed by atoms with Crippen LogP contribution in [-0.4, -0.2) is 55.6 Å². The highest BCUT2D eigenvalue weighted by molar-refractivity contribution is 5.74. The summed E-state index contributed by atoms with van der Waals surface area (Å²) < 4.78 is 5.31. The summed E-state index contributed by atoms with van der Waals surface area (Å²) in [6.45, 7) is 2.46. The Bertz CT molecular complexity index is 706. The van der Waals surface area contributed by atoms with E-state index in [2.05, 4.69) is 15.2 Å². The Morgan fingerprint density at radius 1 is 1.19 bits per heavy atom. The smallest absolute Gasteiger partial charge is 0.317 e. The Kier molecular flexibility index (Phi) is 6.97. The fourth-order valence-electron chi connectivity index (χ4n) is 2.75. The number of urea groups is 1. The molecule has 2 rings (SSSR count). The number of nitrogens with one attached hydrogen (secondary N) is 1. The van der Waals surface area contributed by atoms with Crippen molar-refractivity contribution < 1.29 is 9.53 Å². The Morgan fingerprint density at radius 3 is 2.58 bits per heavy atom. The summed E-state index contributed by atoms with van der Waals surface area (Å²) in [6, 6.07) is 13.4. The number of rotatable bonds is 7. The summed E-state index contributed by atoms with van der Waals surface area (Å²) in [4.78, 5) is 20.7. The number of benzene rings is 1. The largest absolute Gasteiger partial charge is 0.497 e. The van der Waals surface area contributed by atoms with Gasteiger partial charge < -0.3 is 19.9 Å². The van der Waals surface area contributed by atoms with Gasteiger partial charge in [0.05, 0.1) is 24.9 Å². The molecule has 2 atom stereocenters. The molecule has 0 spiro atoms. The van der Waals surface area contributed by atoms with Crippen molar-refractivity contribution >= 4 is 6.03 Å². The number of hydrogen-bond donors (Lipinski definition) is 1. The van der Waals surface area contributed by atoms with Gasteiger partial charge in [-0.05, 0) is 50.8 Å². The summed E-state index contributed by atoms with van der Waals surface area (Å²) >= 11 is 0. The standard InChI is InChI=1S/C20H28N4O2/c1-15(18-11-6-7-12-21-18)24(4)20(25)22-14-19(23(2)3)16-9-8-10-17(13-16)26-5/h6-13,15,19H,14H2,1-5H3,(H,22,25). The number of pyridine rings is 1. The molecule has 0 fully saturated rings. The molecule has 1 aromatic heterocycles. The first-order valence-corrected chi connectivity index (χ1v) is 8.66. The van der Waals surface area contributed by atoms with Crippen molar-refractivity contribution in [3.63, 3.8) is 0 Å². The van der Waals surface area contributed by atoms with E-state index < -0.39 is 0 Å². The summed E-state index contributed by atoms with van der Waals surface area (Å²) in [7, 11) is 7.43. The Hall–Kier alpha value is -2.60. The van der Waals surface area contributed by atoms with Crippen LogP contribution in [0.1, 0.15) is 30.3 Å². The maximum Gasteiger partial charge on any atom is 0.317 e. The fourth-order valence-corrected chi connectivity index (χ4v) is 2.75. The van der Waals surface area contributed by atoms with Gasteiger partial charge in [-0.15, -0.1) is 0 Å². The van der Waals surface area contributed by atoms with E-state index in [1.807, 2.05) is 63.5 Å². The lowest BCUT2D eigenvalue weighted by Gasteiger charge is -2.29. The molecule has 6 heteroatoms. The number of nitrogens with zero attached hydrogens (tertiary/aromatic N) is 3. The van der Waals surface area contributed by atoms with Gasteiger partial charge in [0.1, 0.15) is 5.75 Å². The van der Waals surface area contributed by atoms with Crippen LogP contribution in [-0.2, 0) is 0 Å². The molecule has 0 radical (unpaired) electrons. The number of carbonyl (C=O) groups excluding carboxylic acids is 1. The SMILES string of the molecule is COc1cccc(C(CNC(=O)N(C)C(C)c2ccccn2)N(C)C)c1. The highest BCUT2D eigenvalue weighted by Gasteiger charge is 2.21. The first kappa shape index (κ1) is 19.7. The van der Waals surface area contributed by atoms with Crippen LogP contribution in [0.25, 0.3) is 0 Å². The van der Waals surface area contributed by atoms with Gasteiger partial charge in [-0.3, -0.25) is 4.98 Å². The topological polar surface area (TPSA) is 57.7 Å². The number of carbonyl (C=O) groups is 1. The Morgan fingerprint density at radius 2 is 1.96 bits per heavy atom. The van der Waals surface area contributed by atoms with Crippen molar-refractivity contribution in [2.45, 2.75) is 19.0 Å². The molecule has 0 aliphatic heterocycles. The van der Waals surface area contributed by atoms with Crippen LogP contribution in [0.2, 0.25) is 0 Å². The average molecular weight is 356 g/mol. The van der Waals surface area contributed by atoms with Gasteiger partial charge in [-0.2, -0.15) is 0 Å². The highest BCUT2D eigenvalue weighted by Crippen LogP contribution is 2.22. The molecule has 0 saturated carbocycles. The number of methoxy groups -OCH3 is 1. The van der Waals surface area contributed by atoms with Crippen LogP contribution in [0, 0.1) is 0 Å². The molecule has 0 aliphatic rings. The van der Waals surface area contributed by atoms with E-state index in [9.17, 15) is 4.79 Å². The third-order valence-corrected chi connectivity index (χ3v) is 4.57. The summed E-state index contributed by atoms with van der Waals surface area (Å²) in [5.74, 6) is 0.807. The van der Waals surface area contributed by atoms with Crippen LogP contribution in [0.3, 0.4) is 0 Å². The van der Waals surface area contributed by atoms with E-state index in [4.69, 9.17) is 4.74 Å². The van der Waals surface area contributed by atoms with E-state index in [-0.39, 0.29) is 18.1 Å². The number of likely N-dealkylation sites (N-methyl/N-ethyl adjacent to an activating group) is 1. The molecule has 1 N–H and O–H groups in total. The summed E-state index contributed by atoms with van der Waals surface area (Å²) in [5.41, 5.74) is 1.96. The van der Waals surface area contributed by atoms with E-state index in [0.717, 1.165) is 17.0 Å². The van der Waals surface area contributed by atoms with Crippen LogP contribution in [0.4, 0.5) is 4.79 Å². The van der Waals surface area contributed by atoms with E-state index in [1.54, 1.807) is 25.3 Å². The van der Waals surface area contributed by atoms with Crippen molar-refractivity contribution in [3.05, 3.63) is 59.9 Å². The summed E-state index contributed by atoms with van der Waals surface area (Å²) in [6.07, 6.45) is 1.74. The van der Waals surface area contributed by atoms with Gasteiger partial charge >= 0.3 is 6.03 Å². The van der Waals surface area contributed by atoms with E-state index in [0.29, 0.717) is 6.54 Å². The lowest BCUT2D eigenvalue weighted by atomic mass is 10.1. The van der Waals surface area contributed by atoms with Crippen molar-refractivity contribution in [1.29, 1.82) is 0 Å². The highest BCUT2D eigenvalue weighted by atomic mass is 16.5. The maximum absolute atomic E-state index is 12.6. The van der Waals surface area contributed by atoms with Gasteiger partial charge in [0.2, 0.25) is 0 Å². The third-order valence-electron chi connectivity index (χ3n) is 4.57. The molecule has 2 amide bonds. The molecular formula is C20H28N4O2. The van der Waals surface area contributed by atoms with Crippen molar-refractivity contribution in [2.24, 2.45) is 0 Å². The zero-order valence-electron chi connectivity index (χ0n) is 16.1. The molecule has 1 heterocycles. The minimum absolute atomic E-state index is 0.0487. The second-order valence-corrected chi connectivity index (χ2v) is 6.48. The molecule has 2 unspecified atom stereocenters. The molecule has 0 bridgehead atoms. The minimum atomic E-state index is -0.127. The van der Waals surface area contributed by atoms with Crippen LogP contribution in [0.15, 0.2) is 48.7 Å². The average Bonchev–Trinajstić information content (AvgIpc) is 2.67. The third kappa shape index (κ3) is 4.95. The zero-order chi connectivity index (χ0) is 19.1. The van der Waals surface area contributed by atoms with Gasteiger partial charge in [0.15, 0.2) is 0 Å². The minimum Gasteiger partial charge on any atom is -0.497 e. The van der Waals surface area contributed by atoms with Crippen LogP contribution >= 0.6 is 0 Å². The monoisotopic (exact) mass is 356 g/mol. The first-order valence-electron chi connectivity index (χ1n) is 8.66. The number of ether oxygens (including phenoxy) is 1. The number of hydrogen-bond acceptors (Lipinski definition) is 4. The number of amides is 2. The summed E-state index contributed by atoms with van der Waals surface area (Å²) in [5, 5.41) is 3.03. The molecule has 26 heavy (non-hydrogen) atoms. The molecule has 140 valence electrons. The molecule has 2 aromatic rings. The Balaban J connectivity index is 2.02. The van der Waals surface area contributed by atoms with Gasteiger partial charge in [0.25, 0.3) is 0 Å². The number of aromatic nitrogens is 1. The Labute approximate surface area is 155 Å². The lowest BCUT2D eigenvalue weighted by molar-refractivity contribution is 0.188. The van der Waals surface area contributed by atoms with Crippen LogP contribution in [0.5, 0.6) is 5.75 Å². The normalized spacial score (nSPS) is 13.2. The van der Waals surface area contributed by atoms with E-state index in [1.165, 1.54) is 0 Å². The van der Waals surface area contributed by atoms with Crippen molar-refractivity contribution in [3.8, 4) is 5.75 Å².